The Labute approximate surface area is 143 Å². The van der Waals surface area contributed by atoms with Crippen molar-refractivity contribution in [1.29, 1.82) is 0 Å². The lowest BCUT2D eigenvalue weighted by atomic mass is 9.98. The average molecular weight is 344 g/mol. The van der Waals surface area contributed by atoms with Gasteiger partial charge in [0.25, 0.3) is 0 Å². The molecule has 0 amide bonds. The fourth-order valence-electron chi connectivity index (χ4n) is 2.10. The van der Waals surface area contributed by atoms with Crippen LogP contribution in [0, 0.1) is 0 Å². The highest BCUT2D eigenvalue weighted by atomic mass is 17.1. The quantitative estimate of drug-likeness (QED) is 0.291. The highest BCUT2D eigenvalue weighted by Crippen LogP contribution is 2.24. The summed E-state index contributed by atoms with van der Waals surface area (Å²) in [6.45, 7) is 3.32. The number of ketones is 1. The van der Waals surface area contributed by atoms with Crippen LogP contribution >= 0.6 is 0 Å². The van der Waals surface area contributed by atoms with E-state index in [0.29, 0.717) is 0 Å². The second kappa shape index (κ2) is 8.07. The Kier molecular flexibility index (Phi) is 5.86. The second-order valence-electron chi connectivity index (χ2n) is 5.27. The summed E-state index contributed by atoms with van der Waals surface area (Å²) in [7, 11) is 0. The van der Waals surface area contributed by atoms with Gasteiger partial charge in [-0.05, 0) is 32.0 Å². The molecule has 130 valence electrons. The van der Waals surface area contributed by atoms with Gasteiger partial charge in [0.15, 0.2) is 5.78 Å². The van der Waals surface area contributed by atoms with Gasteiger partial charge in [0.2, 0.25) is 0 Å². The van der Waals surface area contributed by atoms with Crippen LogP contribution in [0.3, 0.4) is 0 Å². The van der Waals surface area contributed by atoms with Gasteiger partial charge in [0.1, 0.15) is 5.75 Å². The molecule has 1 N–H and O–H groups in total. The van der Waals surface area contributed by atoms with Gasteiger partial charge in [0.05, 0.1) is 17.2 Å². The minimum atomic E-state index is -1.07. The molecule has 0 unspecified atom stereocenters. The van der Waals surface area contributed by atoms with Gasteiger partial charge in [-0.3, -0.25) is 9.68 Å². The molecule has 0 saturated carbocycles. The molecule has 7 heteroatoms. The van der Waals surface area contributed by atoms with Crippen molar-refractivity contribution in [2.45, 2.75) is 20.0 Å². The van der Waals surface area contributed by atoms with E-state index in [-0.39, 0.29) is 28.5 Å². The molecular weight excluding hydrogens is 328 g/mol. The molecule has 0 radical (unpaired) electrons. The van der Waals surface area contributed by atoms with Crippen molar-refractivity contribution in [1.82, 2.24) is 0 Å². The van der Waals surface area contributed by atoms with Crippen LogP contribution in [-0.2, 0) is 9.62 Å². The molecule has 0 spiro atoms. The Hall–Kier alpha value is -3.19. The van der Waals surface area contributed by atoms with Crippen molar-refractivity contribution in [3.63, 3.8) is 0 Å². The summed E-state index contributed by atoms with van der Waals surface area (Å²) < 4.78 is 9.97. The summed E-state index contributed by atoms with van der Waals surface area (Å²) in [6, 6.07) is 11.9. The maximum atomic E-state index is 12.8. The number of hydrogen-bond acceptors (Lipinski definition) is 7. The van der Waals surface area contributed by atoms with E-state index in [1.807, 2.05) is 0 Å². The highest BCUT2D eigenvalue weighted by molar-refractivity contribution is 6.15. The van der Waals surface area contributed by atoms with Gasteiger partial charge in [0, 0.05) is 5.56 Å². The second-order valence-corrected chi connectivity index (χ2v) is 5.27. The minimum Gasteiger partial charge on any atom is -0.431 e. The zero-order chi connectivity index (χ0) is 18.4. The zero-order valence-electron chi connectivity index (χ0n) is 13.6. The van der Waals surface area contributed by atoms with E-state index >= 15 is 0 Å². The molecule has 0 aliphatic heterocycles. The van der Waals surface area contributed by atoms with Crippen molar-refractivity contribution in [3.8, 4) is 5.75 Å². The monoisotopic (exact) mass is 344 g/mol. The molecule has 0 bridgehead atoms. The van der Waals surface area contributed by atoms with Crippen LogP contribution in [0.5, 0.6) is 5.75 Å². The number of para-hydroxylation sites is 1. The fraction of sp³-hybridized carbons (Fsp3) is 0.167. The lowest BCUT2D eigenvalue weighted by Crippen LogP contribution is -2.18. The van der Waals surface area contributed by atoms with E-state index in [4.69, 9.17) is 14.7 Å². The van der Waals surface area contributed by atoms with Gasteiger partial charge >= 0.3 is 12.1 Å². The van der Waals surface area contributed by atoms with Gasteiger partial charge in [-0.25, -0.2) is 9.59 Å². The van der Waals surface area contributed by atoms with Crippen molar-refractivity contribution in [3.05, 3.63) is 65.2 Å². The topological polar surface area (TPSA) is 99.1 Å². The lowest BCUT2D eigenvalue weighted by molar-refractivity contribution is -0.182. The first-order valence-electron chi connectivity index (χ1n) is 7.41. The average Bonchev–Trinajstić information content (AvgIpc) is 2.60. The Morgan fingerprint density at radius 1 is 0.880 bits per heavy atom. The first-order valence-corrected chi connectivity index (χ1v) is 7.41. The van der Waals surface area contributed by atoms with Crippen LogP contribution in [0.1, 0.15) is 40.1 Å². The predicted octanol–water partition coefficient (Wildman–Crippen LogP) is 3.47. The predicted molar refractivity (Wildman–Crippen MR) is 86.6 cm³/mol. The first-order chi connectivity index (χ1) is 11.9. The van der Waals surface area contributed by atoms with E-state index < -0.39 is 17.9 Å². The van der Waals surface area contributed by atoms with Crippen molar-refractivity contribution in [2.24, 2.45) is 0 Å². The summed E-state index contributed by atoms with van der Waals surface area (Å²) in [5.74, 6) is -1.65. The van der Waals surface area contributed by atoms with E-state index in [1.165, 1.54) is 30.3 Å². The zero-order valence-corrected chi connectivity index (χ0v) is 13.6. The third kappa shape index (κ3) is 4.42. The Morgan fingerprint density at radius 2 is 1.44 bits per heavy atom. The lowest BCUT2D eigenvalue weighted by Gasteiger charge is -2.12. The summed E-state index contributed by atoms with van der Waals surface area (Å²) >= 11 is 0. The molecule has 0 aliphatic carbocycles. The van der Waals surface area contributed by atoms with Crippen LogP contribution in [-0.4, -0.2) is 29.3 Å². The van der Waals surface area contributed by atoms with Crippen molar-refractivity contribution in [2.75, 3.05) is 0 Å². The van der Waals surface area contributed by atoms with Gasteiger partial charge < -0.3 is 9.47 Å². The van der Waals surface area contributed by atoms with Crippen LogP contribution < -0.4 is 4.74 Å². The van der Waals surface area contributed by atoms with Gasteiger partial charge in [-0.1, -0.05) is 30.3 Å². The first kappa shape index (κ1) is 18.2. The molecule has 0 saturated heterocycles. The third-order valence-electron chi connectivity index (χ3n) is 3.13. The molecule has 25 heavy (non-hydrogen) atoms. The van der Waals surface area contributed by atoms with Gasteiger partial charge in [-0.15, -0.1) is 0 Å². The van der Waals surface area contributed by atoms with Gasteiger partial charge in [-0.2, -0.15) is 5.26 Å². The minimum absolute atomic E-state index is 0.00479. The largest absolute Gasteiger partial charge is 0.514 e. The molecule has 0 aromatic heterocycles. The maximum Gasteiger partial charge on any atom is 0.514 e. The summed E-state index contributed by atoms with van der Waals surface area (Å²) in [5.41, 5.74) is -0.0641. The number of rotatable bonds is 5. The number of benzene rings is 2. The Morgan fingerprint density at radius 3 is 2.04 bits per heavy atom. The molecule has 0 aliphatic rings. The molecular formula is C18H16O7. The van der Waals surface area contributed by atoms with Crippen LogP contribution in [0.25, 0.3) is 0 Å². The molecule has 0 heterocycles. The molecule has 7 nitrogen and oxygen atoms in total. The number of carbonyl (C=O) groups excluding carboxylic acids is 3. The van der Waals surface area contributed by atoms with Crippen molar-refractivity contribution >= 4 is 17.9 Å². The highest BCUT2D eigenvalue weighted by Gasteiger charge is 2.23. The smallest absolute Gasteiger partial charge is 0.431 e. The van der Waals surface area contributed by atoms with E-state index in [0.717, 1.165) is 0 Å². The van der Waals surface area contributed by atoms with E-state index in [2.05, 4.69) is 4.89 Å². The van der Waals surface area contributed by atoms with Crippen LogP contribution in [0.2, 0.25) is 0 Å². The Bertz CT molecular complexity index is 796. The van der Waals surface area contributed by atoms with Crippen LogP contribution in [0.15, 0.2) is 48.5 Å². The SMILES string of the molecule is CC(C)OC(=O)Oc1ccccc1C(=O)c1ccccc1C(=O)OO. The fourth-order valence-corrected chi connectivity index (χ4v) is 2.10. The molecule has 0 fully saturated rings. The molecule has 2 aromatic carbocycles. The number of hydrogen-bond donors (Lipinski definition) is 1. The normalized spacial score (nSPS) is 10.2. The molecule has 2 rings (SSSR count). The Balaban J connectivity index is 2.38. The van der Waals surface area contributed by atoms with E-state index in [1.54, 1.807) is 32.0 Å². The maximum absolute atomic E-state index is 12.8. The summed E-state index contributed by atoms with van der Waals surface area (Å²) in [5, 5.41) is 8.58. The molecule has 2 aromatic rings. The summed E-state index contributed by atoms with van der Waals surface area (Å²) in [4.78, 5) is 39.8. The number of ether oxygens (including phenoxy) is 2. The van der Waals surface area contributed by atoms with E-state index in [9.17, 15) is 14.4 Å². The van der Waals surface area contributed by atoms with Crippen molar-refractivity contribution < 1.29 is 34.0 Å². The standard InChI is InChI=1S/C18H16O7/c1-11(2)23-18(21)24-15-10-6-5-9-14(15)16(19)12-7-3-4-8-13(12)17(20)25-22/h3-11,22H,1-2H3. The van der Waals surface area contributed by atoms with Crippen LogP contribution in [0.4, 0.5) is 4.79 Å². The third-order valence-corrected chi connectivity index (χ3v) is 3.13. The summed E-state index contributed by atoms with van der Waals surface area (Å²) in [6.07, 6.45) is -1.33. The molecule has 0 atom stereocenters. The number of carbonyl (C=O) groups is 3.